The maximum atomic E-state index is 12.3. The molecule has 0 saturated carbocycles. The van der Waals surface area contributed by atoms with Gasteiger partial charge in [-0.15, -0.1) is 5.10 Å². The van der Waals surface area contributed by atoms with E-state index in [1.54, 1.807) is 22.9 Å². The number of esters is 1. The summed E-state index contributed by atoms with van der Waals surface area (Å²) < 4.78 is 6.86. The number of nitrogens with one attached hydrogen (secondary N) is 1. The number of anilines is 1. The van der Waals surface area contributed by atoms with Gasteiger partial charge in [0.15, 0.2) is 6.10 Å². The highest BCUT2D eigenvalue weighted by Gasteiger charge is 2.22. The average molecular weight is 383 g/mol. The lowest BCUT2D eigenvalue weighted by Gasteiger charge is -2.13. The molecule has 0 radical (unpaired) electrons. The Morgan fingerprint density at radius 2 is 2.04 bits per heavy atom. The van der Waals surface area contributed by atoms with Crippen molar-refractivity contribution >= 4 is 34.3 Å². The van der Waals surface area contributed by atoms with Crippen LogP contribution >= 0.6 is 0 Å². The predicted octanol–water partition coefficient (Wildman–Crippen LogP) is 2.54. The molecular weight excluding hydrogens is 366 g/mol. The Kier molecular flexibility index (Phi) is 5.30. The molecule has 10 nitrogen and oxygen atoms in total. The van der Waals surface area contributed by atoms with Crippen molar-refractivity contribution in [3.63, 3.8) is 0 Å². The minimum absolute atomic E-state index is 0.0259. The molecule has 0 aliphatic carbocycles. The van der Waals surface area contributed by atoms with Crippen molar-refractivity contribution in [2.75, 3.05) is 5.32 Å². The molecule has 0 saturated heterocycles. The van der Waals surface area contributed by atoms with E-state index < -0.39 is 22.9 Å². The van der Waals surface area contributed by atoms with E-state index in [0.29, 0.717) is 12.1 Å². The van der Waals surface area contributed by atoms with Gasteiger partial charge >= 0.3 is 5.97 Å². The Morgan fingerprint density at radius 3 is 2.75 bits per heavy atom. The first-order valence-electron chi connectivity index (χ1n) is 8.49. The van der Waals surface area contributed by atoms with Crippen molar-refractivity contribution in [1.82, 2.24) is 15.0 Å². The number of carbonyl (C=O) groups excluding carboxylic acids is 2. The zero-order valence-electron chi connectivity index (χ0n) is 15.2. The van der Waals surface area contributed by atoms with Crippen LogP contribution in [-0.4, -0.2) is 37.9 Å². The van der Waals surface area contributed by atoms with Gasteiger partial charge in [-0.25, -0.2) is 9.48 Å². The zero-order valence-corrected chi connectivity index (χ0v) is 15.2. The molecule has 28 heavy (non-hydrogen) atoms. The highest BCUT2D eigenvalue weighted by atomic mass is 16.6. The number of nitro benzene ring substituents is 1. The normalized spacial score (nSPS) is 11.8. The Balaban J connectivity index is 1.70. The van der Waals surface area contributed by atoms with Crippen molar-refractivity contribution in [1.29, 1.82) is 0 Å². The first kappa shape index (κ1) is 19.0. The molecule has 0 aliphatic rings. The van der Waals surface area contributed by atoms with Gasteiger partial charge in [-0.2, -0.15) is 0 Å². The molecule has 3 aromatic rings. The lowest BCUT2D eigenvalue weighted by atomic mass is 10.2. The van der Waals surface area contributed by atoms with Crippen molar-refractivity contribution in [3.8, 4) is 0 Å². The number of hydrogen-bond acceptors (Lipinski definition) is 7. The summed E-state index contributed by atoms with van der Waals surface area (Å²) in [6.45, 7) is 3.95. The summed E-state index contributed by atoms with van der Waals surface area (Å²) in [4.78, 5) is 35.0. The van der Waals surface area contributed by atoms with Crippen molar-refractivity contribution in [3.05, 3.63) is 58.1 Å². The highest BCUT2D eigenvalue weighted by Crippen LogP contribution is 2.23. The first-order chi connectivity index (χ1) is 13.4. The number of rotatable bonds is 6. The monoisotopic (exact) mass is 383 g/mol. The summed E-state index contributed by atoms with van der Waals surface area (Å²) in [6.07, 6.45) is -1.16. The van der Waals surface area contributed by atoms with Gasteiger partial charge in [-0.1, -0.05) is 17.3 Å². The van der Waals surface area contributed by atoms with E-state index in [1.165, 1.54) is 31.2 Å². The summed E-state index contributed by atoms with van der Waals surface area (Å²) in [7, 11) is 0. The molecule has 0 spiro atoms. The smallest absolute Gasteiger partial charge is 0.338 e. The van der Waals surface area contributed by atoms with Crippen LogP contribution in [0.15, 0.2) is 42.5 Å². The van der Waals surface area contributed by atoms with Crippen molar-refractivity contribution in [2.24, 2.45) is 0 Å². The molecule has 0 aliphatic heterocycles. The Morgan fingerprint density at radius 1 is 1.29 bits per heavy atom. The molecule has 1 atom stereocenters. The average Bonchev–Trinajstić information content (AvgIpc) is 3.10. The topological polar surface area (TPSA) is 129 Å². The number of aryl methyl sites for hydroxylation is 1. The fourth-order valence-electron chi connectivity index (χ4n) is 2.59. The van der Waals surface area contributed by atoms with Gasteiger partial charge in [0.25, 0.3) is 11.6 Å². The van der Waals surface area contributed by atoms with E-state index in [-0.39, 0.29) is 16.9 Å². The molecule has 0 fully saturated rings. The fraction of sp³-hybridized carbons (Fsp3) is 0.222. The summed E-state index contributed by atoms with van der Waals surface area (Å²) in [6, 6.07) is 10.5. The van der Waals surface area contributed by atoms with Crippen LogP contribution in [0.3, 0.4) is 0 Å². The number of aromatic nitrogens is 3. The van der Waals surface area contributed by atoms with Gasteiger partial charge in [-0.3, -0.25) is 14.9 Å². The van der Waals surface area contributed by atoms with Crippen LogP contribution in [0.25, 0.3) is 11.0 Å². The maximum absolute atomic E-state index is 12.3. The standard InChI is InChI=1S/C18H17N5O5/c1-3-22-15-9-8-12(10-14(15)20-21-22)18(25)28-11(2)17(24)19-13-6-4-5-7-16(13)23(26)27/h4-11H,3H2,1-2H3,(H,19,24). The second kappa shape index (κ2) is 7.82. The van der Waals surface area contributed by atoms with Crippen molar-refractivity contribution < 1.29 is 19.2 Å². The Bertz CT molecular complexity index is 1060. The van der Waals surface area contributed by atoms with Crippen LogP contribution in [0.1, 0.15) is 24.2 Å². The number of hydrogen-bond donors (Lipinski definition) is 1. The third kappa shape index (κ3) is 3.80. The molecule has 1 aromatic heterocycles. The molecular formula is C18H17N5O5. The van der Waals surface area contributed by atoms with E-state index in [1.807, 2.05) is 6.92 Å². The molecule has 144 valence electrons. The number of para-hydroxylation sites is 2. The molecule has 10 heteroatoms. The van der Waals surface area contributed by atoms with Crippen LogP contribution in [0.5, 0.6) is 0 Å². The number of carbonyl (C=O) groups is 2. The molecule has 2 aromatic carbocycles. The van der Waals surface area contributed by atoms with Crippen LogP contribution in [-0.2, 0) is 16.1 Å². The van der Waals surface area contributed by atoms with Crippen LogP contribution < -0.4 is 5.32 Å². The van der Waals surface area contributed by atoms with Crippen molar-refractivity contribution in [2.45, 2.75) is 26.5 Å². The summed E-state index contributed by atoms with van der Waals surface area (Å²) in [5, 5.41) is 21.4. The minimum atomic E-state index is -1.16. The lowest BCUT2D eigenvalue weighted by Crippen LogP contribution is -2.30. The Hall–Kier alpha value is -3.82. The fourth-order valence-corrected chi connectivity index (χ4v) is 2.59. The molecule has 1 N–H and O–H groups in total. The van der Waals surface area contributed by atoms with E-state index in [2.05, 4.69) is 15.6 Å². The second-order valence-corrected chi connectivity index (χ2v) is 5.92. The van der Waals surface area contributed by atoms with E-state index in [4.69, 9.17) is 4.74 Å². The largest absolute Gasteiger partial charge is 0.449 e. The summed E-state index contributed by atoms with van der Waals surface area (Å²) >= 11 is 0. The van der Waals surface area contributed by atoms with E-state index in [9.17, 15) is 19.7 Å². The van der Waals surface area contributed by atoms with Gasteiger partial charge in [-0.05, 0) is 38.1 Å². The van der Waals surface area contributed by atoms with E-state index >= 15 is 0 Å². The molecule has 3 rings (SSSR count). The number of amides is 1. The third-order valence-electron chi connectivity index (χ3n) is 4.06. The quantitative estimate of drug-likeness (QED) is 0.393. The van der Waals surface area contributed by atoms with Crippen LogP contribution in [0, 0.1) is 10.1 Å². The third-order valence-corrected chi connectivity index (χ3v) is 4.06. The summed E-state index contributed by atoms with van der Waals surface area (Å²) in [5.41, 5.74) is 1.31. The second-order valence-electron chi connectivity index (χ2n) is 5.92. The van der Waals surface area contributed by atoms with Gasteiger partial charge < -0.3 is 10.1 Å². The number of benzene rings is 2. The van der Waals surface area contributed by atoms with Gasteiger partial charge in [0, 0.05) is 12.6 Å². The minimum Gasteiger partial charge on any atom is -0.449 e. The van der Waals surface area contributed by atoms with Gasteiger partial charge in [0.05, 0.1) is 16.0 Å². The number of nitrogens with zero attached hydrogens (tertiary/aromatic N) is 4. The van der Waals surface area contributed by atoms with Gasteiger partial charge in [0.2, 0.25) is 0 Å². The first-order valence-corrected chi connectivity index (χ1v) is 8.49. The number of nitro groups is 1. The Labute approximate surface area is 159 Å². The van der Waals surface area contributed by atoms with Gasteiger partial charge in [0.1, 0.15) is 11.2 Å². The molecule has 1 unspecified atom stereocenters. The molecule has 1 amide bonds. The molecule has 1 heterocycles. The summed E-state index contributed by atoms with van der Waals surface area (Å²) in [5.74, 6) is -1.39. The van der Waals surface area contributed by atoms with Crippen LogP contribution in [0.4, 0.5) is 11.4 Å². The maximum Gasteiger partial charge on any atom is 0.338 e. The molecule has 0 bridgehead atoms. The lowest BCUT2D eigenvalue weighted by molar-refractivity contribution is -0.383. The zero-order chi connectivity index (χ0) is 20.3. The number of fused-ring (bicyclic) bond motifs is 1. The van der Waals surface area contributed by atoms with Crippen LogP contribution in [0.2, 0.25) is 0 Å². The predicted molar refractivity (Wildman–Crippen MR) is 99.8 cm³/mol. The SMILES string of the molecule is CCn1nnc2cc(C(=O)OC(C)C(=O)Nc3ccccc3[N+](=O)[O-])ccc21. The highest BCUT2D eigenvalue weighted by molar-refractivity contribution is 5.99. The van der Waals surface area contributed by atoms with E-state index in [0.717, 1.165) is 5.52 Å². The number of ether oxygens (including phenoxy) is 1.